The molecule has 1 fully saturated rings. The summed E-state index contributed by atoms with van der Waals surface area (Å²) in [5.74, 6) is -0.128. The molecule has 1 aromatic rings. The Morgan fingerprint density at radius 3 is 2.77 bits per heavy atom. The summed E-state index contributed by atoms with van der Waals surface area (Å²) in [5, 5.41) is 2.72. The van der Waals surface area contributed by atoms with Crippen molar-refractivity contribution in [1.82, 2.24) is 10.2 Å². The van der Waals surface area contributed by atoms with E-state index in [1.165, 1.54) is 6.26 Å². The van der Waals surface area contributed by atoms with E-state index in [0.717, 1.165) is 25.8 Å². The molecule has 22 heavy (non-hydrogen) atoms. The first-order valence-electron chi connectivity index (χ1n) is 7.93. The molecule has 5 heteroatoms. The highest BCUT2D eigenvalue weighted by atomic mass is 16.3. The van der Waals surface area contributed by atoms with E-state index in [1.807, 2.05) is 4.90 Å². The van der Waals surface area contributed by atoms with Crippen LogP contribution in [-0.2, 0) is 4.79 Å². The van der Waals surface area contributed by atoms with Gasteiger partial charge in [-0.25, -0.2) is 0 Å². The first kappa shape index (κ1) is 16.6. The summed E-state index contributed by atoms with van der Waals surface area (Å²) in [6, 6.07) is 2.97. The Morgan fingerprint density at radius 1 is 1.45 bits per heavy atom. The van der Waals surface area contributed by atoms with Crippen molar-refractivity contribution in [1.29, 1.82) is 0 Å². The van der Waals surface area contributed by atoms with E-state index < -0.39 is 6.04 Å². The van der Waals surface area contributed by atoms with Crippen molar-refractivity contribution in [3.05, 3.63) is 24.2 Å². The van der Waals surface area contributed by atoms with Crippen molar-refractivity contribution >= 4 is 11.8 Å². The average molecular weight is 306 g/mol. The topological polar surface area (TPSA) is 62.6 Å². The molecule has 0 saturated carbocycles. The number of furan rings is 1. The summed E-state index contributed by atoms with van der Waals surface area (Å²) in [5.41, 5.74) is 0.189. The van der Waals surface area contributed by atoms with E-state index in [9.17, 15) is 9.59 Å². The van der Waals surface area contributed by atoms with Crippen LogP contribution in [0, 0.1) is 5.41 Å². The van der Waals surface area contributed by atoms with E-state index in [4.69, 9.17) is 4.42 Å². The Morgan fingerprint density at radius 2 is 2.18 bits per heavy atom. The van der Waals surface area contributed by atoms with E-state index >= 15 is 0 Å². The number of likely N-dealkylation sites (tertiary alicyclic amines) is 1. The van der Waals surface area contributed by atoms with Crippen LogP contribution in [0.4, 0.5) is 0 Å². The molecule has 0 aliphatic carbocycles. The van der Waals surface area contributed by atoms with Crippen LogP contribution in [0.5, 0.6) is 0 Å². The largest absolute Gasteiger partial charge is 0.459 e. The number of nitrogens with zero attached hydrogens (tertiary/aromatic N) is 1. The molecule has 2 unspecified atom stereocenters. The quantitative estimate of drug-likeness (QED) is 0.930. The number of hydrogen-bond acceptors (Lipinski definition) is 3. The molecule has 2 amide bonds. The lowest BCUT2D eigenvalue weighted by molar-refractivity contribution is -0.134. The van der Waals surface area contributed by atoms with Crippen LogP contribution in [-0.4, -0.2) is 35.3 Å². The molecular weight excluding hydrogens is 280 g/mol. The van der Waals surface area contributed by atoms with Crippen molar-refractivity contribution in [2.45, 2.75) is 59.0 Å². The molecular formula is C17H26N2O3. The van der Waals surface area contributed by atoms with Gasteiger partial charge >= 0.3 is 0 Å². The zero-order valence-corrected chi connectivity index (χ0v) is 13.9. The molecule has 0 aromatic carbocycles. The van der Waals surface area contributed by atoms with Crippen LogP contribution in [0.25, 0.3) is 0 Å². The van der Waals surface area contributed by atoms with Gasteiger partial charge in [-0.15, -0.1) is 0 Å². The molecule has 0 spiro atoms. The van der Waals surface area contributed by atoms with Gasteiger partial charge in [0.1, 0.15) is 6.04 Å². The highest BCUT2D eigenvalue weighted by Crippen LogP contribution is 2.30. The lowest BCUT2D eigenvalue weighted by Gasteiger charge is -2.32. The highest BCUT2D eigenvalue weighted by Gasteiger charge is 2.34. The molecule has 1 saturated heterocycles. The third-order valence-electron chi connectivity index (χ3n) is 3.97. The Kier molecular flexibility index (Phi) is 4.94. The second-order valence-electron chi connectivity index (χ2n) is 7.26. The van der Waals surface area contributed by atoms with Crippen LogP contribution in [0.3, 0.4) is 0 Å². The fourth-order valence-corrected chi connectivity index (χ4v) is 3.03. The Labute approximate surface area is 132 Å². The molecule has 0 radical (unpaired) electrons. The van der Waals surface area contributed by atoms with Gasteiger partial charge in [-0.05, 0) is 43.7 Å². The van der Waals surface area contributed by atoms with Crippen molar-refractivity contribution in [3.63, 3.8) is 0 Å². The molecule has 1 aliphatic heterocycles. The number of carbonyl (C=O) groups excluding carboxylic acids is 2. The van der Waals surface area contributed by atoms with Crippen molar-refractivity contribution in [3.8, 4) is 0 Å². The van der Waals surface area contributed by atoms with Gasteiger partial charge in [0, 0.05) is 12.6 Å². The average Bonchev–Trinajstić information content (AvgIpc) is 3.06. The highest BCUT2D eigenvalue weighted by molar-refractivity contribution is 5.95. The van der Waals surface area contributed by atoms with Crippen LogP contribution in [0.2, 0.25) is 0 Å². The zero-order valence-electron chi connectivity index (χ0n) is 13.9. The van der Waals surface area contributed by atoms with Crippen molar-refractivity contribution in [2.75, 3.05) is 6.54 Å². The summed E-state index contributed by atoms with van der Waals surface area (Å²) in [7, 11) is 0. The predicted octanol–water partition coefficient (Wildman–Crippen LogP) is 2.83. The van der Waals surface area contributed by atoms with Crippen molar-refractivity contribution in [2.24, 2.45) is 5.41 Å². The summed E-state index contributed by atoms with van der Waals surface area (Å²) in [6.45, 7) is 9.08. The minimum absolute atomic E-state index is 0.00773. The summed E-state index contributed by atoms with van der Waals surface area (Å²) >= 11 is 0. The van der Waals surface area contributed by atoms with E-state index in [2.05, 4.69) is 26.1 Å². The minimum Gasteiger partial charge on any atom is -0.459 e. The number of carbonyl (C=O) groups is 2. The Bertz CT molecular complexity index is 517. The molecule has 2 heterocycles. The molecule has 2 atom stereocenters. The first-order valence-corrected chi connectivity index (χ1v) is 7.93. The number of hydrogen-bond donors (Lipinski definition) is 1. The van der Waals surface area contributed by atoms with Gasteiger partial charge in [0.05, 0.1) is 6.26 Å². The van der Waals surface area contributed by atoms with Gasteiger partial charge in [-0.3, -0.25) is 9.59 Å². The normalized spacial score (nSPS) is 20.0. The van der Waals surface area contributed by atoms with Crippen molar-refractivity contribution < 1.29 is 14.0 Å². The zero-order chi connectivity index (χ0) is 16.3. The smallest absolute Gasteiger partial charge is 0.287 e. The maximum atomic E-state index is 12.6. The molecule has 1 N–H and O–H groups in total. The fraction of sp³-hybridized carbons (Fsp3) is 0.647. The Balaban J connectivity index is 1.96. The maximum absolute atomic E-state index is 12.6. The molecule has 1 aromatic heterocycles. The molecule has 1 aliphatic rings. The van der Waals surface area contributed by atoms with Gasteiger partial charge in [0.15, 0.2) is 5.76 Å². The van der Waals surface area contributed by atoms with E-state index in [-0.39, 0.29) is 29.0 Å². The summed E-state index contributed by atoms with van der Waals surface area (Å²) in [4.78, 5) is 26.5. The SMILES string of the molecule is CC(NC(=O)c1ccco1)C(=O)N1CCCC1CC(C)(C)C. The van der Waals surface area contributed by atoms with E-state index in [0.29, 0.717) is 0 Å². The third-order valence-corrected chi connectivity index (χ3v) is 3.97. The number of nitrogens with one attached hydrogen (secondary N) is 1. The number of rotatable bonds is 4. The first-order chi connectivity index (χ1) is 10.3. The maximum Gasteiger partial charge on any atom is 0.287 e. The monoisotopic (exact) mass is 306 g/mol. The lowest BCUT2D eigenvalue weighted by Crippen LogP contribution is -2.49. The number of amides is 2. The third kappa shape index (κ3) is 4.12. The predicted molar refractivity (Wildman–Crippen MR) is 84.4 cm³/mol. The lowest BCUT2D eigenvalue weighted by atomic mass is 9.87. The van der Waals surface area contributed by atoms with Gasteiger partial charge < -0.3 is 14.6 Å². The second-order valence-corrected chi connectivity index (χ2v) is 7.26. The molecule has 122 valence electrons. The fourth-order valence-electron chi connectivity index (χ4n) is 3.03. The van der Waals surface area contributed by atoms with Crippen LogP contribution in [0.1, 0.15) is 57.5 Å². The molecule has 2 rings (SSSR count). The Hall–Kier alpha value is -1.78. The van der Waals surface area contributed by atoms with Crippen LogP contribution >= 0.6 is 0 Å². The summed E-state index contributed by atoms with van der Waals surface area (Å²) in [6.07, 6.45) is 4.51. The van der Waals surface area contributed by atoms with Gasteiger partial charge in [-0.2, -0.15) is 0 Å². The standard InChI is InChI=1S/C17H26N2O3/c1-12(18-15(20)14-8-6-10-22-14)16(21)19-9-5-7-13(19)11-17(2,3)4/h6,8,10,12-13H,5,7,9,11H2,1-4H3,(H,18,20). The van der Waals surface area contributed by atoms with Gasteiger partial charge in [0.25, 0.3) is 5.91 Å². The van der Waals surface area contributed by atoms with E-state index in [1.54, 1.807) is 19.1 Å². The second kappa shape index (κ2) is 6.55. The minimum atomic E-state index is -0.543. The van der Waals surface area contributed by atoms with Crippen LogP contribution in [0.15, 0.2) is 22.8 Å². The van der Waals surface area contributed by atoms with Gasteiger partial charge in [0.2, 0.25) is 5.91 Å². The molecule has 5 nitrogen and oxygen atoms in total. The molecule has 0 bridgehead atoms. The summed E-state index contributed by atoms with van der Waals surface area (Å²) < 4.78 is 5.05. The van der Waals surface area contributed by atoms with Crippen LogP contribution < -0.4 is 5.32 Å². The van der Waals surface area contributed by atoms with Gasteiger partial charge in [-0.1, -0.05) is 20.8 Å².